The summed E-state index contributed by atoms with van der Waals surface area (Å²) in [6.45, 7) is 4.56. The van der Waals surface area contributed by atoms with Gasteiger partial charge in [0.05, 0.1) is 29.5 Å². The minimum Gasteiger partial charge on any atom is -0.378 e. The van der Waals surface area contributed by atoms with Crippen molar-refractivity contribution in [2.45, 2.75) is 43.6 Å². The van der Waals surface area contributed by atoms with Crippen molar-refractivity contribution in [2.75, 3.05) is 39.4 Å². The quantitative estimate of drug-likeness (QED) is 0.745. The molecule has 1 aromatic heterocycles. The molecule has 2 saturated heterocycles. The fourth-order valence-corrected chi connectivity index (χ4v) is 5.96. The van der Waals surface area contributed by atoms with Crippen LogP contribution in [0.2, 0.25) is 0 Å². The zero-order valence-electron chi connectivity index (χ0n) is 18.0. The molecule has 3 fully saturated rings. The molecule has 32 heavy (non-hydrogen) atoms. The third kappa shape index (κ3) is 3.93. The number of aromatic nitrogens is 1. The number of carbonyl (C=O) groups excluding carboxylic acids is 1. The molecule has 4 heterocycles. The number of aliphatic imine (C=N–C) groups is 2. The third-order valence-electron chi connectivity index (χ3n) is 6.60. The average molecular weight is 453 g/mol. The van der Waals surface area contributed by atoms with E-state index >= 15 is 0 Å². The Kier molecular flexibility index (Phi) is 5.40. The van der Waals surface area contributed by atoms with E-state index in [9.17, 15) is 4.79 Å². The van der Waals surface area contributed by atoms with Crippen molar-refractivity contribution in [1.29, 1.82) is 0 Å². The molecular formula is C23H28N6O2S. The molecule has 2 aromatic rings. The van der Waals surface area contributed by atoms with Gasteiger partial charge in [-0.05, 0) is 49.8 Å². The van der Waals surface area contributed by atoms with Gasteiger partial charge < -0.3 is 15.0 Å². The molecule has 3 aliphatic heterocycles. The lowest BCUT2D eigenvalue weighted by Gasteiger charge is -2.33. The van der Waals surface area contributed by atoms with Gasteiger partial charge in [0.25, 0.3) is 0 Å². The molecule has 8 nitrogen and oxygen atoms in total. The van der Waals surface area contributed by atoms with Gasteiger partial charge in [0.15, 0.2) is 0 Å². The first kappa shape index (κ1) is 20.3. The molecule has 0 bridgehead atoms. The van der Waals surface area contributed by atoms with Crippen LogP contribution in [0.3, 0.4) is 0 Å². The van der Waals surface area contributed by atoms with Crippen LogP contribution in [0.5, 0.6) is 0 Å². The second kappa shape index (κ2) is 8.53. The number of piperidine rings is 1. The van der Waals surface area contributed by atoms with Crippen molar-refractivity contribution < 1.29 is 9.53 Å². The number of nitrogens with one attached hydrogen (secondary N) is 2. The predicted octanol–water partition coefficient (Wildman–Crippen LogP) is 2.23. The predicted molar refractivity (Wildman–Crippen MR) is 126 cm³/mol. The number of hydrogen-bond acceptors (Lipinski definition) is 7. The van der Waals surface area contributed by atoms with Gasteiger partial charge in [-0.25, -0.2) is 4.98 Å². The average Bonchev–Trinajstić information content (AvgIpc) is 3.58. The van der Waals surface area contributed by atoms with E-state index in [1.54, 1.807) is 11.3 Å². The zero-order chi connectivity index (χ0) is 21.5. The lowest BCUT2D eigenvalue weighted by Crippen LogP contribution is -2.53. The van der Waals surface area contributed by atoms with Crippen LogP contribution in [0.15, 0.2) is 28.2 Å². The maximum Gasteiger partial charge on any atom is 0.244 e. The Hall–Kier alpha value is -2.36. The van der Waals surface area contributed by atoms with Gasteiger partial charge in [0.1, 0.15) is 16.8 Å². The molecule has 0 spiro atoms. The standard InChI is InChI=1S/C23H28N6O2S/c30-21-18(22-26-17-5-1-4-16(14-6-7-14)19(17)32-22)20(25-15-3-2-8-24-13-15)27-23(28-21)29-9-11-31-12-10-29/h1,4-5,14-15,18,24H,2-3,6-13H2,(H,25,27,28,30)/t15-,18?/m1/s1. The number of benzene rings is 1. The summed E-state index contributed by atoms with van der Waals surface area (Å²) in [6, 6.07) is 6.47. The van der Waals surface area contributed by atoms with Gasteiger partial charge in [0, 0.05) is 19.6 Å². The molecule has 6 rings (SSSR count). The van der Waals surface area contributed by atoms with Crippen molar-refractivity contribution >= 4 is 39.3 Å². The van der Waals surface area contributed by atoms with E-state index < -0.39 is 5.92 Å². The zero-order valence-corrected chi connectivity index (χ0v) is 18.9. The van der Waals surface area contributed by atoms with E-state index in [0.29, 0.717) is 44.0 Å². The van der Waals surface area contributed by atoms with Crippen molar-refractivity contribution in [3.05, 3.63) is 28.8 Å². The van der Waals surface area contributed by atoms with Crippen LogP contribution in [-0.4, -0.2) is 73.0 Å². The normalized spacial score (nSPS) is 28.1. The van der Waals surface area contributed by atoms with Crippen LogP contribution in [0.1, 0.15) is 48.1 Å². The summed E-state index contributed by atoms with van der Waals surface area (Å²) in [6.07, 6.45) is 4.58. The molecule has 0 radical (unpaired) electrons. The number of amidine groups is 1. The highest BCUT2D eigenvalue weighted by Gasteiger charge is 2.37. The molecule has 2 N–H and O–H groups in total. The van der Waals surface area contributed by atoms with Crippen LogP contribution in [0, 0.1) is 0 Å². The molecular weight excluding hydrogens is 424 g/mol. The first-order valence-electron chi connectivity index (χ1n) is 11.7. The smallest absolute Gasteiger partial charge is 0.244 e. The summed E-state index contributed by atoms with van der Waals surface area (Å²) in [5.74, 6) is 1.18. The van der Waals surface area contributed by atoms with Crippen LogP contribution in [-0.2, 0) is 9.53 Å². The van der Waals surface area contributed by atoms with Crippen molar-refractivity contribution in [3.63, 3.8) is 0 Å². The molecule has 4 aliphatic rings. The molecule has 168 valence electrons. The van der Waals surface area contributed by atoms with Crippen molar-refractivity contribution in [2.24, 2.45) is 9.98 Å². The number of nitrogens with zero attached hydrogens (tertiary/aromatic N) is 4. The van der Waals surface area contributed by atoms with E-state index in [4.69, 9.17) is 19.7 Å². The molecule has 1 aromatic carbocycles. The molecule has 1 saturated carbocycles. The topological polar surface area (TPSA) is 91.2 Å². The lowest BCUT2D eigenvalue weighted by atomic mass is 10.0. The lowest BCUT2D eigenvalue weighted by molar-refractivity contribution is -0.120. The third-order valence-corrected chi connectivity index (χ3v) is 7.78. The van der Waals surface area contributed by atoms with Gasteiger partial charge in [-0.1, -0.05) is 12.1 Å². The largest absolute Gasteiger partial charge is 0.378 e. The summed E-state index contributed by atoms with van der Waals surface area (Å²) in [4.78, 5) is 30.3. The highest BCUT2D eigenvalue weighted by molar-refractivity contribution is 7.19. The van der Waals surface area contributed by atoms with E-state index in [0.717, 1.165) is 36.5 Å². The van der Waals surface area contributed by atoms with E-state index in [1.165, 1.54) is 23.1 Å². The molecule has 1 aliphatic carbocycles. The number of guanidine groups is 1. The van der Waals surface area contributed by atoms with Crippen LogP contribution < -0.4 is 10.6 Å². The Bertz CT molecular complexity index is 1080. The number of hydrogen-bond donors (Lipinski definition) is 2. The van der Waals surface area contributed by atoms with Crippen LogP contribution >= 0.6 is 11.3 Å². The minimum absolute atomic E-state index is 0.0870. The van der Waals surface area contributed by atoms with Gasteiger partial charge in [0.2, 0.25) is 11.9 Å². The number of fused-ring (bicyclic) bond motifs is 1. The fraction of sp³-hybridized carbons (Fsp3) is 0.565. The molecule has 9 heteroatoms. The van der Waals surface area contributed by atoms with Gasteiger partial charge >= 0.3 is 0 Å². The fourth-order valence-electron chi connectivity index (χ4n) is 4.71. The van der Waals surface area contributed by atoms with E-state index in [-0.39, 0.29) is 11.9 Å². The van der Waals surface area contributed by atoms with E-state index in [1.807, 2.05) is 6.07 Å². The van der Waals surface area contributed by atoms with Crippen molar-refractivity contribution in [3.8, 4) is 0 Å². The number of morpholine rings is 1. The Morgan fingerprint density at radius 2 is 2.06 bits per heavy atom. The Balaban J connectivity index is 1.39. The summed E-state index contributed by atoms with van der Waals surface area (Å²) in [5.41, 5.74) is 2.35. The molecule has 1 unspecified atom stereocenters. The van der Waals surface area contributed by atoms with Gasteiger partial charge in [-0.3, -0.25) is 15.1 Å². The van der Waals surface area contributed by atoms with Crippen molar-refractivity contribution in [1.82, 2.24) is 20.5 Å². The van der Waals surface area contributed by atoms with Gasteiger partial charge in [-0.15, -0.1) is 11.3 Å². The van der Waals surface area contributed by atoms with Crippen LogP contribution in [0.4, 0.5) is 0 Å². The summed E-state index contributed by atoms with van der Waals surface area (Å²) in [7, 11) is 0. The number of rotatable bonds is 3. The summed E-state index contributed by atoms with van der Waals surface area (Å²) in [5, 5.41) is 7.25. The van der Waals surface area contributed by atoms with Gasteiger partial charge in [-0.2, -0.15) is 4.99 Å². The Morgan fingerprint density at radius 3 is 2.84 bits per heavy atom. The highest BCUT2D eigenvalue weighted by atomic mass is 32.1. The second-order valence-electron chi connectivity index (χ2n) is 8.97. The number of amides is 1. The summed E-state index contributed by atoms with van der Waals surface area (Å²) >= 11 is 1.63. The highest BCUT2D eigenvalue weighted by Crippen LogP contribution is 2.45. The first-order chi connectivity index (χ1) is 15.8. The second-order valence-corrected chi connectivity index (χ2v) is 10.00. The molecule has 1 amide bonds. The maximum absolute atomic E-state index is 13.4. The van der Waals surface area contributed by atoms with Crippen LogP contribution in [0.25, 0.3) is 10.2 Å². The maximum atomic E-state index is 13.4. The first-order valence-corrected chi connectivity index (χ1v) is 12.5. The van der Waals surface area contributed by atoms with E-state index in [2.05, 4.69) is 27.7 Å². The SMILES string of the molecule is O=C1NC(N2CCOCC2)=NC(=N[C@@H]2CCCNC2)C1c1nc2cccc(C3CC3)c2s1. The summed E-state index contributed by atoms with van der Waals surface area (Å²) < 4.78 is 6.68. The number of carbonyl (C=O) groups is 1. The Labute approximate surface area is 191 Å². The minimum atomic E-state index is -0.564. The molecule has 2 atom stereocenters. The number of ether oxygens (including phenoxy) is 1. The monoisotopic (exact) mass is 452 g/mol. The number of thiazole rings is 1. The Morgan fingerprint density at radius 1 is 1.19 bits per heavy atom.